The normalized spacial score (nSPS) is 11.9. The second-order valence-electron chi connectivity index (χ2n) is 3.78. The summed E-state index contributed by atoms with van der Waals surface area (Å²) in [5.74, 6) is -1.20. The van der Waals surface area contributed by atoms with Crippen LogP contribution in [0.3, 0.4) is 0 Å². The number of carbonyl (C=O) groups is 1. The Bertz CT molecular complexity index is 543. The Kier molecular flexibility index (Phi) is 3.69. The summed E-state index contributed by atoms with van der Waals surface area (Å²) in [4.78, 5) is 11.7. The van der Waals surface area contributed by atoms with E-state index in [1.54, 1.807) is 36.4 Å². The van der Waals surface area contributed by atoms with E-state index in [4.69, 9.17) is 0 Å². The van der Waals surface area contributed by atoms with Crippen molar-refractivity contribution in [2.45, 2.75) is 6.10 Å². The molecule has 0 spiro atoms. The van der Waals surface area contributed by atoms with E-state index in [-0.39, 0.29) is 5.69 Å². The van der Waals surface area contributed by atoms with E-state index in [1.807, 2.05) is 0 Å². The largest absolute Gasteiger partial charge is 0.378 e. The minimum atomic E-state index is -1.31. The van der Waals surface area contributed by atoms with Gasteiger partial charge in [0.1, 0.15) is 5.82 Å². The maximum atomic E-state index is 13.3. The number of anilines is 1. The molecule has 0 aliphatic heterocycles. The topological polar surface area (TPSA) is 49.3 Å². The van der Waals surface area contributed by atoms with Gasteiger partial charge < -0.3 is 10.4 Å². The number of halogens is 1. The zero-order valence-electron chi connectivity index (χ0n) is 9.51. The van der Waals surface area contributed by atoms with Gasteiger partial charge in [-0.2, -0.15) is 0 Å². The molecule has 1 atom stereocenters. The third kappa shape index (κ3) is 2.73. The summed E-state index contributed by atoms with van der Waals surface area (Å²) in [6.45, 7) is 0. The number of rotatable bonds is 3. The van der Waals surface area contributed by atoms with Crippen molar-refractivity contribution >= 4 is 11.6 Å². The van der Waals surface area contributed by atoms with E-state index in [2.05, 4.69) is 5.32 Å². The Balaban J connectivity index is 2.12. The minimum absolute atomic E-state index is 0.0532. The van der Waals surface area contributed by atoms with Crippen molar-refractivity contribution in [1.29, 1.82) is 0 Å². The van der Waals surface area contributed by atoms with E-state index in [0.717, 1.165) is 0 Å². The molecule has 0 aliphatic carbocycles. The van der Waals surface area contributed by atoms with Crippen LogP contribution in [0.25, 0.3) is 0 Å². The number of aliphatic hydroxyl groups excluding tert-OH is 1. The summed E-state index contributed by atoms with van der Waals surface area (Å²) in [6, 6.07) is 14.3. The average molecular weight is 245 g/mol. The molecule has 0 heterocycles. The number of aliphatic hydroxyl groups is 1. The van der Waals surface area contributed by atoms with Crippen LogP contribution in [0.5, 0.6) is 0 Å². The fourth-order valence-electron chi connectivity index (χ4n) is 1.55. The quantitative estimate of drug-likeness (QED) is 0.872. The maximum absolute atomic E-state index is 13.3. The summed E-state index contributed by atoms with van der Waals surface area (Å²) in [7, 11) is 0. The molecule has 1 unspecified atom stereocenters. The van der Waals surface area contributed by atoms with Gasteiger partial charge >= 0.3 is 0 Å². The van der Waals surface area contributed by atoms with Crippen molar-refractivity contribution in [2.24, 2.45) is 0 Å². The van der Waals surface area contributed by atoms with Gasteiger partial charge in [0.05, 0.1) is 5.69 Å². The smallest absolute Gasteiger partial charge is 0.257 e. The molecular formula is C14H12FNO2. The predicted molar refractivity (Wildman–Crippen MR) is 66.4 cm³/mol. The number of hydrogen-bond acceptors (Lipinski definition) is 2. The van der Waals surface area contributed by atoms with Crippen LogP contribution in [0.15, 0.2) is 54.6 Å². The Morgan fingerprint density at radius 2 is 1.67 bits per heavy atom. The zero-order chi connectivity index (χ0) is 13.0. The van der Waals surface area contributed by atoms with E-state index in [9.17, 15) is 14.3 Å². The highest BCUT2D eigenvalue weighted by molar-refractivity contribution is 5.94. The highest BCUT2D eigenvalue weighted by Gasteiger charge is 2.17. The Morgan fingerprint density at radius 3 is 2.33 bits per heavy atom. The van der Waals surface area contributed by atoms with Crippen LogP contribution in [0.2, 0.25) is 0 Å². The van der Waals surface area contributed by atoms with E-state index in [0.29, 0.717) is 5.56 Å². The summed E-state index contributed by atoms with van der Waals surface area (Å²) in [6.07, 6.45) is -1.31. The highest BCUT2D eigenvalue weighted by atomic mass is 19.1. The third-order valence-electron chi connectivity index (χ3n) is 2.50. The monoisotopic (exact) mass is 245 g/mol. The van der Waals surface area contributed by atoms with Gasteiger partial charge in [0, 0.05) is 0 Å². The van der Waals surface area contributed by atoms with Crippen LogP contribution in [-0.2, 0) is 4.79 Å². The number of amides is 1. The highest BCUT2D eigenvalue weighted by Crippen LogP contribution is 2.17. The molecule has 0 fully saturated rings. The van der Waals surface area contributed by atoms with E-state index in [1.165, 1.54) is 18.2 Å². The lowest BCUT2D eigenvalue weighted by atomic mass is 10.1. The van der Waals surface area contributed by atoms with Crippen molar-refractivity contribution in [3.8, 4) is 0 Å². The molecule has 0 bridgehead atoms. The molecule has 1 amide bonds. The Hall–Kier alpha value is -2.20. The first-order valence-electron chi connectivity index (χ1n) is 5.47. The van der Waals surface area contributed by atoms with Gasteiger partial charge in [0.15, 0.2) is 6.10 Å². The standard InChI is InChI=1S/C14H12FNO2/c15-11-8-4-5-9-12(11)16-14(18)13(17)10-6-2-1-3-7-10/h1-9,13,17H,(H,16,18). The van der Waals surface area contributed by atoms with Crippen LogP contribution < -0.4 is 5.32 Å². The summed E-state index contributed by atoms with van der Waals surface area (Å²) in [5, 5.41) is 12.2. The van der Waals surface area contributed by atoms with Gasteiger partial charge in [-0.05, 0) is 17.7 Å². The van der Waals surface area contributed by atoms with Crippen molar-refractivity contribution in [1.82, 2.24) is 0 Å². The SMILES string of the molecule is O=C(Nc1ccccc1F)C(O)c1ccccc1. The molecule has 0 aliphatic rings. The third-order valence-corrected chi connectivity index (χ3v) is 2.50. The van der Waals surface area contributed by atoms with Crippen molar-refractivity contribution < 1.29 is 14.3 Å². The van der Waals surface area contributed by atoms with Crippen LogP contribution in [0.4, 0.5) is 10.1 Å². The lowest BCUT2D eigenvalue weighted by molar-refractivity contribution is -0.124. The maximum Gasteiger partial charge on any atom is 0.257 e. The molecule has 2 N–H and O–H groups in total. The summed E-state index contributed by atoms with van der Waals surface area (Å²) >= 11 is 0. The summed E-state index contributed by atoms with van der Waals surface area (Å²) < 4.78 is 13.3. The first-order valence-corrected chi connectivity index (χ1v) is 5.47. The number of benzene rings is 2. The summed E-state index contributed by atoms with van der Waals surface area (Å²) in [5.41, 5.74) is 0.517. The lowest BCUT2D eigenvalue weighted by Crippen LogP contribution is -2.21. The number of nitrogens with one attached hydrogen (secondary N) is 1. The van der Waals surface area contributed by atoms with Gasteiger partial charge in [0.25, 0.3) is 5.91 Å². The molecule has 2 aromatic carbocycles. The van der Waals surface area contributed by atoms with Crippen LogP contribution in [-0.4, -0.2) is 11.0 Å². The number of carbonyl (C=O) groups excluding carboxylic acids is 1. The van der Waals surface area contributed by atoms with Crippen molar-refractivity contribution in [3.05, 3.63) is 66.0 Å². The second kappa shape index (κ2) is 5.42. The molecule has 4 heteroatoms. The van der Waals surface area contributed by atoms with Crippen molar-refractivity contribution in [2.75, 3.05) is 5.32 Å². The van der Waals surface area contributed by atoms with Gasteiger partial charge in [-0.25, -0.2) is 4.39 Å². The fraction of sp³-hybridized carbons (Fsp3) is 0.0714. The van der Waals surface area contributed by atoms with Gasteiger partial charge in [-0.3, -0.25) is 4.79 Å². The van der Waals surface area contributed by atoms with Crippen LogP contribution >= 0.6 is 0 Å². The first-order chi connectivity index (χ1) is 8.68. The van der Waals surface area contributed by atoms with E-state index < -0.39 is 17.8 Å². The second-order valence-corrected chi connectivity index (χ2v) is 3.78. The lowest BCUT2D eigenvalue weighted by Gasteiger charge is -2.11. The zero-order valence-corrected chi connectivity index (χ0v) is 9.51. The molecule has 0 saturated heterocycles. The van der Waals surface area contributed by atoms with Gasteiger partial charge in [-0.15, -0.1) is 0 Å². The molecule has 18 heavy (non-hydrogen) atoms. The fourth-order valence-corrected chi connectivity index (χ4v) is 1.55. The Labute approximate surface area is 104 Å². The molecule has 0 aromatic heterocycles. The average Bonchev–Trinajstić information content (AvgIpc) is 2.41. The molecule has 2 aromatic rings. The molecule has 0 radical (unpaired) electrons. The number of para-hydroxylation sites is 1. The Morgan fingerprint density at radius 1 is 1.06 bits per heavy atom. The van der Waals surface area contributed by atoms with Crippen LogP contribution in [0, 0.1) is 5.82 Å². The first kappa shape index (κ1) is 12.3. The predicted octanol–water partition coefficient (Wildman–Crippen LogP) is 2.50. The van der Waals surface area contributed by atoms with Gasteiger partial charge in [0.2, 0.25) is 0 Å². The van der Waals surface area contributed by atoms with Gasteiger partial charge in [-0.1, -0.05) is 42.5 Å². The van der Waals surface area contributed by atoms with E-state index >= 15 is 0 Å². The molecule has 2 rings (SSSR count). The molecule has 92 valence electrons. The number of hydrogen-bond donors (Lipinski definition) is 2. The minimum Gasteiger partial charge on any atom is -0.378 e. The van der Waals surface area contributed by atoms with Crippen LogP contribution in [0.1, 0.15) is 11.7 Å². The molecule has 0 saturated carbocycles. The molecular weight excluding hydrogens is 233 g/mol. The van der Waals surface area contributed by atoms with Crippen molar-refractivity contribution in [3.63, 3.8) is 0 Å². The molecule has 3 nitrogen and oxygen atoms in total.